The van der Waals surface area contributed by atoms with Gasteiger partial charge in [0.1, 0.15) is 5.75 Å². The van der Waals surface area contributed by atoms with Gasteiger partial charge in [0.15, 0.2) is 0 Å². The number of phenolic OH excluding ortho intramolecular Hbond substituents is 1. The number of nitrogen functional groups attached to an aromatic ring is 1. The highest BCUT2D eigenvalue weighted by Gasteiger charge is 2.04. The molecule has 0 aliphatic heterocycles. The molecule has 0 radical (unpaired) electrons. The fraction of sp³-hybridized carbons (Fsp3) is 0.0769. The number of halogens is 1. The van der Waals surface area contributed by atoms with E-state index < -0.39 is 0 Å². The van der Waals surface area contributed by atoms with Crippen LogP contribution in [0.3, 0.4) is 0 Å². The molecule has 0 aliphatic carbocycles. The summed E-state index contributed by atoms with van der Waals surface area (Å²) in [6.07, 6.45) is 0. The average molecular weight is 249 g/mol. The summed E-state index contributed by atoms with van der Waals surface area (Å²) in [7, 11) is 0. The topological polar surface area (TPSA) is 58.3 Å². The second-order valence-electron chi connectivity index (χ2n) is 3.71. The van der Waals surface area contributed by atoms with Crippen LogP contribution in [-0.4, -0.2) is 5.11 Å². The number of aromatic hydroxyl groups is 1. The number of benzene rings is 2. The Balaban J connectivity index is 2.13. The number of nitrogens with two attached hydrogens (primary N) is 1. The van der Waals surface area contributed by atoms with Gasteiger partial charge in [0.25, 0.3) is 0 Å². The normalized spacial score (nSPS) is 10.2. The van der Waals surface area contributed by atoms with Crippen molar-refractivity contribution in [2.75, 3.05) is 11.1 Å². The van der Waals surface area contributed by atoms with Gasteiger partial charge < -0.3 is 16.2 Å². The molecule has 4 heteroatoms. The maximum Gasteiger partial charge on any atom is 0.122 e. The molecule has 0 amide bonds. The highest BCUT2D eigenvalue weighted by Crippen LogP contribution is 2.24. The quantitative estimate of drug-likeness (QED) is 0.731. The zero-order valence-electron chi connectivity index (χ0n) is 9.15. The third kappa shape index (κ3) is 2.82. The first-order valence-electron chi connectivity index (χ1n) is 5.22. The molecule has 2 aromatic carbocycles. The Morgan fingerprint density at radius 1 is 1.18 bits per heavy atom. The molecule has 17 heavy (non-hydrogen) atoms. The molecule has 0 aromatic heterocycles. The van der Waals surface area contributed by atoms with E-state index in [1.165, 1.54) is 0 Å². The van der Waals surface area contributed by atoms with Gasteiger partial charge in [-0.1, -0.05) is 23.7 Å². The molecule has 2 aromatic rings. The lowest BCUT2D eigenvalue weighted by Gasteiger charge is -2.10. The summed E-state index contributed by atoms with van der Waals surface area (Å²) in [4.78, 5) is 0. The first-order valence-corrected chi connectivity index (χ1v) is 5.60. The molecule has 0 fully saturated rings. The number of hydrogen-bond acceptors (Lipinski definition) is 3. The molecular formula is C13H13ClN2O. The van der Waals surface area contributed by atoms with E-state index in [-0.39, 0.29) is 5.75 Å². The Bertz CT molecular complexity index is 508. The Hall–Kier alpha value is -1.87. The summed E-state index contributed by atoms with van der Waals surface area (Å²) in [5, 5.41) is 13.5. The van der Waals surface area contributed by atoms with E-state index in [4.69, 9.17) is 17.3 Å². The number of rotatable bonds is 3. The SMILES string of the molecule is Nc1cccc(O)c1CNc1cccc(Cl)c1. The molecule has 0 spiro atoms. The van der Waals surface area contributed by atoms with Crippen molar-refractivity contribution < 1.29 is 5.11 Å². The van der Waals surface area contributed by atoms with Gasteiger partial charge in [-0.3, -0.25) is 0 Å². The van der Waals surface area contributed by atoms with Gasteiger partial charge in [0, 0.05) is 28.5 Å². The van der Waals surface area contributed by atoms with Crippen molar-refractivity contribution in [2.45, 2.75) is 6.54 Å². The molecule has 4 N–H and O–H groups in total. The van der Waals surface area contributed by atoms with Crippen LogP contribution in [0.15, 0.2) is 42.5 Å². The van der Waals surface area contributed by atoms with Crippen LogP contribution in [0, 0.1) is 0 Å². The highest BCUT2D eigenvalue weighted by molar-refractivity contribution is 6.30. The van der Waals surface area contributed by atoms with Gasteiger partial charge in [0.2, 0.25) is 0 Å². The predicted molar refractivity (Wildman–Crippen MR) is 71.3 cm³/mol. The molecule has 2 rings (SSSR count). The van der Waals surface area contributed by atoms with Gasteiger partial charge in [0.05, 0.1) is 0 Å². The number of hydrogen-bond donors (Lipinski definition) is 3. The second-order valence-corrected chi connectivity index (χ2v) is 4.15. The van der Waals surface area contributed by atoms with Crippen LogP contribution in [-0.2, 0) is 6.54 Å². The van der Waals surface area contributed by atoms with E-state index in [9.17, 15) is 5.11 Å². The first kappa shape index (κ1) is 11.6. The Labute approximate surface area is 105 Å². The molecule has 3 nitrogen and oxygen atoms in total. The van der Waals surface area contributed by atoms with Crippen molar-refractivity contribution >= 4 is 23.0 Å². The average Bonchev–Trinajstić information content (AvgIpc) is 2.28. The largest absolute Gasteiger partial charge is 0.508 e. The lowest BCUT2D eigenvalue weighted by molar-refractivity contribution is 0.469. The highest BCUT2D eigenvalue weighted by atomic mass is 35.5. The minimum absolute atomic E-state index is 0.194. The minimum Gasteiger partial charge on any atom is -0.508 e. The third-order valence-electron chi connectivity index (χ3n) is 2.48. The summed E-state index contributed by atoms with van der Waals surface area (Å²) in [5.74, 6) is 0.194. The fourth-order valence-electron chi connectivity index (χ4n) is 1.57. The van der Waals surface area contributed by atoms with Gasteiger partial charge in [-0.2, -0.15) is 0 Å². The summed E-state index contributed by atoms with van der Waals surface area (Å²) in [6.45, 7) is 0.457. The standard InChI is InChI=1S/C13H13ClN2O/c14-9-3-1-4-10(7-9)16-8-11-12(15)5-2-6-13(11)17/h1-7,16-17H,8,15H2. The van der Waals surface area contributed by atoms with Crippen molar-refractivity contribution in [3.8, 4) is 5.75 Å². The van der Waals surface area contributed by atoms with Crippen LogP contribution < -0.4 is 11.1 Å². The van der Waals surface area contributed by atoms with Crippen LogP contribution in [0.25, 0.3) is 0 Å². The molecule has 0 saturated heterocycles. The predicted octanol–water partition coefficient (Wildman–Crippen LogP) is 3.24. The zero-order chi connectivity index (χ0) is 12.3. The fourth-order valence-corrected chi connectivity index (χ4v) is 1.76. The monoisotopic (exact) mass is 248 g/mol. The maximum atomic E-state index is 9.68. The zero-order valence-corrected chi connectivity index (χ0v) is 9.91. The Morgan fingerprint density at radius 2 is 1.94 bits per heavy atom. The van der Waals surface area contributed by atoms with Crippen molar-refractivity contribution in [3.63, 3.8) is 0 Å². The van der Waals surface area contributed by atoms with Gasteiger partial charge in [-0.25, -0.2) is 0 Å². The van der Waals surface area contributed by atoms with E-state index in [1.807, 2.05) is 18.2 Å². The molecule has 0 heterocycles. The van der Waals surface area contributed by atoms with Gasteiger partial charge in [-0.05, 0) is 30.3 Å². The van der Waals surface area contributed by atoms with Crippen molar-refractivity contribution in [1.82, 2.24) is 0 Å². The Kier molecular flexibility index (Phi) is 3.40. The van der Waals surface area contributed by atoms with E-state index in [0.29, 0.717) is 22.8 Å². The van der Waals surface area contributed by atoms with Crippen molar-refractivity contribution in [1.29, 1.82) is 0 Å². The lowest BCUT2D eigenvalue weighted by Crippen LogP contribution is -2.03. The second kappa shape index (κ2) is 4.97. The number of anilines is 2. The van der Waals surface area contributed by atoms with Crippen LogP contribution >= 0.6 is 11.6 Å². The van der Waals surface area contributed by atoms with Gasteiger partial charge in [-0.15, -0.1) is 0 Å². The van der Waals surface area contributed by atoms with Gasteiger partial charge >= 0.3 is 0 Å². The smallest absolute Gasteiger partial charge is 0.122 e. The van der Waals surface area contributed by atoms with Crippen molar-refractivity contribution in [2.24, 2.45) is 0 Å². The number of phenols is 1. The minimum atomic E-state index is 0.194. The van der Waals surface area contributed by atoms with Crippen LogP contribution in [0.2, 0.25) is 5.02 Å². The lowest BCUT2D eigenvalue weighted by atomic mass is 10.1. The van der Waals surface area contributed by atoms with E-state index in [0.717, 1.165) is 5.69 Å². The van der Waals surface area contributed by atoms with Crippen LogP contribution in [0.5, 0.6) is 5.75 Å². The summed E-state index contributed by atoms with van der Waals surface area (Å²) < 4.78 is 0. The molecule has 0 bridgehead atoms. The molecule has 0 unspecified atom stereocenters. The van der Waals surface area contributed by atoms with Crippen molar-refractivity contribution in [3.05, 3.63) is 53.1 Å². The van der Waals surface area contributed by atoms with Crippen LogP contribution in [0.1, 0.15) is 5.56 Å². The summed E-state index contributed by atoms with van der Waals surface area (Å²) >= 11 is 5.88. The molecule has 88 valence electrons. The molecule has 0 aliphatic rings. The maximum absolute atomic E-state index is 9.68. The van der Waals surface area contributed by atoms with Crippen LogP contribution in [0.4, 0.5) is 11.4 Å². The Morgan fingerprint density at radius 3 is 2.65 bits per heavy atom. The van der Waals surface area contributed by atoms with E-state index >= 15 is 0 Å². The molecular weight excluding hydrogens is 236 g/mol. The molecule has 0 saturated carbocycles. The third-order valence-corrected chi connectivity index (χ3v) is 2.72. The molecule has 0 atom stereocenters. The summed E-state index contributed by atoms with van der Waals surface area (Å²) in [6, 6.07) is 12.5. The van der Waals surface area contributed by atoms with E-state index in [2.05, 4.69) is 5.32 Å². The first-order chi connectivity index (χ1) is 8.16. The number of nitrogens with one attached hydrogen (secondary N) is 1. The van der Waals surface area contributed by atoms with E-state index in [1.54, 1.807) is 24.3 Å². The summed E-state index contributed by atoms with van der Waals surface area (Å²) in [5.41, 5.74) is 7.93.